The van der Waals surface area contributed by atoms with Crippen molar-refractivity contribution < 1.29 is 47.8 Å². The number of aliphatic hydroxyl groups excluding tert-OH is 2. The highest BCUT2D eigenvalue weighted by molar-refractivity contribution is 7.47. The third kappa shape index (κ3) is 28.2. The zero-order valence-corrected chi connectivity index (χ0v) is 28.1. The highest BCUT2D eigenvalue weighted by Crippen LogP contribution is 2.43. The Morgan fingerprint density at radius 1 is 0.535 bits per heavy atom. The third-order valence-corrected chi connectivity index (χ3v) is 8.27. The van der Waals surface area contributed by atoms with Crippen molar-refractivity contribution in [2.75, 3.05) is 26.4 Å². The first kappa shape index (κ1) is 42.0. The smallest absolute Gasteiger partial charge is 0.457 e. The van der Waals surface area contributed by atoms with E-state index in [0.717, 1.165) is 32.1 Å². The van der Waals surface area contributed by atoms with Gasteiger partial charge in [-0.1, -0.05) is 129 Å². The molecule has 0 aliphatic heterocycles. The number of aliphatic hydroxyl groups is 2. The van der Waals surface area contributed by atoms with Gasteiger partial charge < -0.3 is 24.6 Å². The van der Waals surface area contributed by atoms with Crippen molar-refractivity contribution in [1.82, 2.24) is 0 Å². The second kappa shape index (κ2) is 29.7. The van der Waals surface area contributed by atoms with Gasteiger partial charge in [0.2, 0.25) is 0 Å². The number of carbonyl (C=O) groups is 2. The van der Waals surface area contributed by atoms with E-state index in [9.17, 15) is 29.3 Å². The van der Waals surface area contributed by atoms with Crippen LogP contribution in [0.1, 0.15) is 155 Å². The summed E-state index contributed by atoms with van der Waals surface area (Å²) in [6.45, 7) is 1.99. The average molecular weight is 639 g/mol. The van der Waals surface area contributed by atoms with E-state index in [1.807, 2.05) is 6.92 Å². The highest BCUT2D eigenvalue weighted by Gasteiger charge is 2.27. The van der Waals surface area contributed by atoms with Gasteiger partial charge in [0.1, 0.15) is 12.2 Å². The van der Waals surface area contributed by atoms with Gasteiger partial charge in [-0.3, -0.25) is 18.6 Å². The number of rotatable bonds is 32. The molecule has 11 heteroatoms. The molecule has 0 aromatic rings. The molecule has 3 N–H and O–H groups in total. The molecular weight excluding hydrogens is 575 g/mol. The second-order valence-electron chi connectivity index (χ2n) is 11.5. The van der Waals surface area contributed by atoms with E-state index in [1.165, 1.54) is 83.5 Å². The van der Waals surface area contributed by atoms with E-state index in [4.69, 9.17) is 18.5 Å². The Balaban J connectivity index is 3.85. The summed E-state index contributed by atoms with van der Waals surface area (Å²) >= 11 is 0. The van der Waals surface area contributed by atoms with Gasteiger partial charge in [0.25, 0.3) is 0 Å². The molecule has 0 aromatic carbocycles. The summed E-state index contributed by atoms with van der Waals surface area (Å²) < 4.78 is 32.0. The van der Waals surface area contributed by atoms with E-state index in [1.54, 1.807) is 0 Å². The summed E-state index contributed by atoms with van der Waals surface area (Å²) in [5, 5.41) is 18.8. The van der Waals surface area contributed by atoms with Crippen LogP contribution < -0.4 is 0 Å². The molecule has 0 heterocycles. The van der Waals surface area contributed by atoms with Crippen molar-refractivity contribution >= 4 is 19.8 Å². The summed E-state index contributed by atoms with van der Waals surface area (Å²) in [7, 11) is -4.60. The molecule has 0 saturated heterocycles. The van der Waals surface area contributed by atoms with Crippen LogP contribution in [0, 0.1) is 0 Å². The number of phosphoric ester groups is 1. The zero-order valence-electron chi connectivity index (χ0n) is 27.2. The first-order chi connectivity index (χ1) is 20.8. The molecule has 10 nitrogen and oxygen atoms in total. The second-order valence-corrected chi connectivity index (χ2v) is 13.0. The lowest BCUT2D eigenvalue weighted by Crippen LogP contribution is -2.28. The Kier molecular flexibility index (Phi) is 29.0. The van der Waals surface area contributed by atoms with Crippen molar-refractivity contribution in [2.45, 2.75) is 167 Å². The van der Waals surface area contributed by atoms with Crippen molar-refractivity contribution in [2.24, 2.45) is 0 Å². The minimum absolute atomic E-state index is 0.181. The standard InChI is InChI=1S/C32H63O10P/c1-3-5-7-8-9-10-11-12-13-14-15-16-17-18-19-20-22-24-32(36)42-30(26-34)28-40-43(37,38)39-27-29(25-33)41-31(35)23-21-6-4-2/h29-30,33-34H,3-28H2,1-2H3,(H,37,38). The molecule has 43 heavy (non-hydrogen) atoms. The molecule has 0 aliphatic rings. The van der Waals surface area contributed by atoms with Crippen molar-refractivity contribution in [3.05, 3.63) is 0 Å². The average Bonchev–Trinajstić information content (AvgIpc) is 2.99. The van der Waals surface area contributed by atoms with E-state index in [0.29, 0.717) is 12.8 Å². The lowest BCUT2D eigenvalue weighted by molar-refractivity contribution is -0.153. The normalized spacial score (nSPS) is 14.3. The quantitative estimate of drug-likeness (QED) is 0.0383. The van der Waals surface area contributed by atoms with Crippen LogP contribution in [-0.2, 0) is 32.7 Å². The fourth-order valence-corrected chi connectivity index (χ4v) is 5.43. The predicted octanol–water partition coefficient (Wildman–Crippen LogP) is 7.55. The minimum Gasteiger partial charge on any atom is -0.457 e. The van der Waals surface area contributed by atoms with E-state index < -0.39 is 58.4 Å². The number of unbranched alkanes of at least 4 members (excludes halogenated alkanes) is 18. The maximum atomic E-state index is 12.1. The Morgan fingerprint density at radius 2 is 0.814 bits per heavy atom. The van der Waals surface area contributed by atoms with Gasteiger partial charge in [-0.25, -0.2) is 4.57 Å². The minimum atomic E-state index is -4.60. The predicted molar refractivity (Wildman–Crippen MR) is 169 cm³/mol. The number of phosphoric acid groups is 1. The number of hydrogen-bond acceptors (Lipinski definition) is 9. The Bertz CT molecular complexity index is 706. The molecule has 0 aromatic heterocycles. The van der Waals surface area contributed by atoms with Crippen molar-refractivity contribution in [3.63, 3.8) is 0 Å². The third-order valence-electron chi connectivity index (χ3n) is 7.32. The van der Waals surface area contributed by atoms with Crippen LogP contribution in [0.15, 0.2) is 0 Å². The topological polar surface area (TPSA) is 149 Å². The van der Waals surface area contributed by atoms with Gasteiger partial charge in [-0.15, -0.1) is 0 Å². The molecule has 0 saturated carbocycles. The Morgan fingerprint density at radius 3 is 1.14 bits per heavy atom. The van der Waals surface area contributed by atoms with Crippen LogP contribution in [0.5, 0.6) is 0 Å². The molecular formula is C32H63O10P. The summed E-state index contributed by atoms with van der Waals surface area (Å²) in [4.78, 5) is 33.8. The summed E-state index contributed by atoms with van der Waals surface area (Å²) in [6.07, 6.45) is 21.9. The highest BCUT2D eigenvalue weighted by atomic mass is 31.2. The molecule has 0 spiro atoms. The van der Waals surface area contributed by atoms with E-state index >= 15 is 0 Å². The maximum Gasteiger partial charge on any atom is 0.472 e. The van der Waals surface area contributed by atoms with Crippen molar-refractivity contribution in [1.29, 1.82) is 0 Å². The molecule has 0 aliphatic carbocycles. The molecule has 0 radical (unpaired) electrons. The van der Waals surface area contributed by atoms with Crippen LogP contribution >= 0.6 is 7.82 Å². The van der Waals surface area contributed by atoms with Gasteiger partial charge in [-0.05, 0) is 12.8 Å². The Labute approximate surface area is 261 Å². The molecule has 0 fully saturated rings. The molecule has 0 rings (SSSR count). The lowest BCUT2D eigenvalue weighted by atomic mass is 10.0. The Hall–Kier alpha value is -1.03. The lowest BCUT2D eigenvalue weighted by Gasteiger charge is -2.20. The van der Waals surface area contributed by atoms with Gasteiger partial charge >= 0.3 is 19.8 Å². The fraction of sp³-hybridized carbons (Fsp3) is 0.938. The molecule has 3 atom stereocenters. The van der Waals surface area contributed by atoms with Crippen LogP contribution in [0.2, 0.25) is 0 Å². The summed E-state index contributed by atoms with van der Waals surface area (Å²) in [6, 6.07) is 0. The first-order valence-corrected chi connectivity index (χ1v) is 18.5. The molecule has 3 unspecified atom stereocenters. The summed E-state index contributed by atoms with van der Waals surface area (Å²) in [5.74, 6) is -1.04. The number of hydrogen-bond donors (Lipinski definition) is 3. The number of esters is 2. The number of carbonyl (C=O) groups excluding carboxylic acids is 2. The molecule has 256 valence electrons. The van der Waals surface area contributed by atoms with Crippen molar-refractivity contribution in [3.8, 4) is 0 Å². The molecule has 0 bridgehead atoms. The first-order valence-electron chi connectivity index (χ1n) is 17.0. The summed E-state index contributed by atoms with van der Waals surface area (Å²) in [5.41, 5.74) is 0. The maximum absolute atomic E-state index is 12.1. The van der Waals surface area contributed by atoms with Gasteiger partial charge in [0, 0.05) is 12.8 Å². The van der Waals surface area contributed by atoms with Gasteiger partial charge in [-0.2, -0.15) is 0 Å². The van der Waals surface area contributed by atoms with Crippen LogP contribution in [0.3, 0.4) is 0 Å². The number of ether oxygens (including phenoxy) is 2. The monoisotopic (exact) mass is 638 g/mol. The van der Waals surface area contributed by atoms with Gasteiger partial charge in [0.15, 0.2) is 0 Å². The van der Waals surface area contributed by atoms with Crippen LogP contribution in [0.25, 0.3) is 0 Å². The largest absolute Gasteiger partial charge is 0.472 e. The van der Waals surface area contributed by atoms with Gasteiger partial charge in [0.05, 0.1) is 26.4 Å². The fourth-order valence-electron chi connectivity index (χ4n) is 4.64. The molecule has 0 amide bonds. The van der Waals surface area contributed by atoms with E-state index in [2.05, 4.69) is 6.92 Å². The van der Waals surface area contributed by atoms with Crippen LogP contribution in [-0.4, -0.2) is 65.7 Å². The van der Waals surface area contributed by atoms with Crippen LogP contribution in [0.4, 0.5) is 0 Å². The van der Waals surface area contributed by atoms with E-state index in [-0.39, 0.29) is 12.8 Å². The zero-order chi connectivity index (χ0) is 32.0. The SMILES string of the molecule is CCCCCCCCCCCCCCCCCCCC(=O)OC(CO)COP(=O)(O)OCC(CO)OC(=O)CCCCC.